The van der Waals surface area contributed by atoms with Gasteiger partial charge in [-0.05, 0) is 35.4 Å². The van der Waals surface area contributed by atoms with Crippen LogP contribution in [-0.2, 0) is 0 Å². The number of non-ortho nitro benzene ring substituents is 1. The van der Waals surface area contributed by atoms with Gasteiger partial charge in [-0.15, -0.1) is 0 Å². The maximum absolute atomic E-state index is 10.5. The summed E-state index contributed by atoms with van der Waals surface area (Å²) in [5, 5.41) is 18.3. The van der Waals surface area contributed by atoms with E-state index in [4.69, 9.17) is 0 Å². The molecule has 0 bridgehead atoms. The van der Waals surface area contributed by atoms with Crippen LogP contribution in [0, 0.1) is 10.1 Å². The molecule has 0 aliphatic heterocycles. The van der Waals surface area contributed by atoms with Crippen molar-refractivity contribution in [1.29, 1.82) is 0 Å². The Kier molecular flexibility index (Phi) is 4.73. The number of benzene rings is 2. The summed E-state index contributed by atoms with van der Waals surface area (Å²) < 4.78 is 1.00. The van der Waals surface area contributed by atoms with Crippen LogP contribution in [0.1, 0.15) is 11.1 Å². The highest BCUT2D eigenvalue weighted by atomic mass is 79.9. The molecule has 0 aromatic heterocycles. The highest BCUT2D eigenvalue weighted by Gasteiger charge is 2.02. The zero-order chi connectivity index (χ0) is 14.4. The molecule has 100 valence electrons. The lowest BCUT2D eigenvalue weighted by atomic mass is 10.2. The summed E-state index contributed by atoms with van der Waals surface area (Å²) in [7, 11) is 0. The minimum Gasteiger partial charge on any atom is -0.258 e. The van der Waals surface area contributed by atoms with Crippen molar-refractivity contribution >= 4 is 34.0 Å². The van der Waals surface area contributed by atoms with Gasteiger partial charge in [-0.3, -0.25) is 10.1 Å². The van der Waals surface area contributed by atoms with Crippen molar-refractivity contribution in [3.63, 3.8) is 0 Å². The molecule has 0 fully saturated rings. The molecular weight excluding hydrogens is 322 g/mol. The monoisotopic (exact) mass is 331 g/mol. The lowest BCUT2D eigenvalue weighted by Gasteiger charge is -1.92. The first kappa shape index (κ1) is 14.1. The first-order valence-electron chi connectivity index (χ1n) is 5.71. The van der Waals surface area contributed by atoms with Crippen molar-refractivity contribution in [1.82, 2.24) is 0 Å². The van der Waals surface area contributed by atoms with Crippen molar-refractivity contribution in [3.05, 3.63) is 74.2 Å². The van der Waals surface area contributed by atoms with Crippen LogP contribution >= 0.6 is 15.9 Å². The van der Waals surface area contributed by atoms with Crippen molar-refractivity contribution in [2.24, 2.45) is 10.2 Å². The van der Waals surface area contributed by atoms with Gasteiger partial charge in [0.25, 0.3) is 5.69 Å². The maximum atomic E-state index is 10.5. The Morgan fingerprint density at radius 1 is 0.900 bits per heavy atom. The number of nitrogens with zero attached hydrogens (tertiary/aromatic N) is 3. The van der Waals surface area contributed by atoms with Gasteiger partial charge < -0.3 is 0 Å². The molecule has 0 aliphatic rings. The van der Waals surface area contributed by atoms with E-state index in [2.05, 4.69) is 26.1 Å². The highest BCUT2D eigenvalue weighted by molar-refractivity contribution is 9.10. The fourth-order valence-corrected chi connectivity index (χ4v) is 1.70. The Hall–Kier alpha value is -2.34. The normalized spacial score (nSPS) is 11.2. The molecule has 6 heteroatoms. The fraction of sp³-hybridized carbons (Fsp3) is 0. The second-order valence-corrected chi connectivity index (χ2v) is 4.81. The minimum absolute atomic E-state index is 0.0560. The first-order chi connectivity index (χ1) is 9.65. The SMILES string of the molecule is O=[N+]([O-])c1ccc(/C=N/N=C/c2ccc(Br)cc2)cc1. The second-order valence-electron chi connectivity index (χ2n) is 3.89. The highest BCUT2D eigenvalue weighted by Crippen LogP contribution is 2.11. The summed E-state index contributed by atoms with van der Waals surface area (Å²) >= 11 is 3.35. The molecule has 0 saturated heterocycles. The third-order valence-electron chi connectivity index (χ3n) is 2.45. The van der Waals surface area contributed by atoms with Gasteiger partial charge in [0.15, 0.2) is 0 Å². The van der Waals surface area contributed by atoms with Gasteiger partial charge in [0.05, 0.1) is 17.4 Å². The molecule has 20 heavy (non-hydrogen) atoms. The summed E-state index contributed by atoms with van der Waals surface area (Å²) in [6, 6.07) is 13.8. The average Bonchev–Trinajstić information content (AvgIpc) is 2.46. The molecule has 2 rings (SSSR count). The van der Waals surface area contributed by atoms with Crippen LogP contribution in [0.4, 0.5) is 5.69 Å². The fourth-order valence-electron chi connectivity index (χ4n) is 1.43. The number of hydrogen-bond acceptors (Lipinski definition) is 4. The van der Waals surface area contributed by atoms with E-state index in [0.717, 1.165) is 15.6 Å². The van der Waals surface area contributed by atoms with Crippen LogP contribution < -0.4 is 0 Å². The van der Waals surface area contributed by atoms with Gasteiger partial charge in [0.2, 0.25) is 0 Å². The topological polar surface area (TPSA) is 67.9 Å². The summed E-state index contributed by atoms with van der Waals surface area (Å²) in [4.78, 5) is 10.1. The molecule has 0 saturated carbocycles. The standard InChI is InChI=1S/C14H10BrN3O2/c15-13-5-1-11(2-6-13)9-16-17-10-12-3-7-14(8-4-12)18(19)20/h1-10H/b16-9+,17-10+. The molecule has 0 radical (unpaired) electrons. The second kappa shape index (κ2) is 6.72. The van der Waals surface area contributed by atoms with E-state index in [1.807, 2.05) is 24.3 Å². The molecule has 0 unspecified atom stereocenters. The Bertz CT molecular complexity index is 649. The van der Waals surface area contributed by atoms with Gasteiger partial charge in [-0.25, -0.2) is 0 Å². The van der Waals surface area contributed by atoms with Gasteiger partial charge in [0.1, 0.15) is 0 Å². The van der Waals surface area contributed by atoms with E-state index >= 15 is 0 Å². The predicted octanol–water partition coefficient (Wildman–Crippen LogP) is 3.81. The lowest BCUT2D eigenvalue weighted by molar-refractivity contribution is -0.384. The zero-order valence-corrected chi connectivity index (χ0v) is 11.9. The average molecular weight is 332 g/mol. The Morgan fingerprint density at radius 3 is 1.80 bits per heavy atom. The largest absolute Gasteiger partial charge is 0.269 e. The zero-order valence-electron chi connectivity index (χ0n) is 10.3. The van der Waals surface area contributed by atoms with Gasteiger partial charge in [-0.1, -0.05) is 28.1 Å². The van der Waals surface area contributed by atoms with E-state index in [1.54, 1.807) is 24.6 Å². The van der Waals surface area contributed by atoms with Crippen LogP contribution in [0.15, 0.2) is 63.2 Å². The molecule has 0 N–H and O–H groups in total. The van der Waals surface area contributed by atoms with Crippen LogP contribution in [0.25, 0.3) is 0 Å². The van der Waals surface area contributed by atoms with Crippen LogP contribution in [0.5, 0.6) is 0 Å². The third kappa shape index (κ3) is 4.10. The molecule has 0 heterocycles. The van der Waals surface area contributed by atoms with Crippen LogP contribution in [0.3, 0.4) is 0 Å². The summed E-state index contributed by atoms with van der Waals surface area (Å²) in [5.74, 6) is 0. The molecule has 2 aromatic carbocycles. The van der Waals surface area contributed by atoms with Crippen molar-refractivity contribution < 1.29 is 4.92 Å². The van der Waals surface area contributed by atoms with E-state index < -0.39 is 4.92 Å². The van der Waals surface area contributed by atoms with Gasteiger partial charge in [-0.2, -0.15) is 10.2 Å². The quantitative estimate of drug-likeness (QED) is 0.485. The van der Waals surface area contributed by atoms with Crippen LogP contribution in [0.2, 0.25) is 0 Å². The molecular formula is C14H10BrN3O2. The number of rotatable bonds is 4. The molecule has 0 aliphatic carbocycles. The summed E-state index contributed by atoms with van der Waals surface area (Å²) in [6.07, 6.45) is 3.17. The van der Waals surface area contributed by atoms with Crippen LogP contribution in [-0.4, -0.2) is 17.4 Å². The predicted molar refractivity (Wildman–Crippen MR) is 82.4 cm³/mol. The van der Waals surface area contributed by atoms with E-state index in [0.29, 0.717) is 0 Å². The van der Waals surface area contributed by atoms with Gasteiger partial charge >= 0.3 is 0 Å². The smallest absolute Gasteiger partial charge is 0.258 e. The molecule has 0 spiro atoms. The number of halogens is 1. The third-order valence-corrected chi connectivity index (χ3v) is 2.98. The Labute approximate surface area is 123 Å². The number of nitro benzene ring substituents is 1. The number of nitro groups is 1. The van der Waals surface area contributed by atoms with Crippen molar-refractivity contribution in [3.8, 4) is 0 Å². The van der Waals surface area contributed by atoms with Crippen molar-refractivity contribution in [2.75, 3.05) is 0 Å². The molecule has 5 nitrogen and oxygen atoms in total. The van der Waals surface area contributed by atoms with Crippen molar-refractivity contribution in [2.45, 2.75) is 0 Å². The van der Waals surface area contributed by atoms with E-state index in [-0.39, 0.29) is 5.69 Å². The first-order valence-corrected chi connectivity index (χ1v) is 6.51. The summed E-state index contributed by atoms with van der Waals surface area (Å²) in [6.45, 7) is 0. The van der Waals surface area contributed by atoms with E-state index in [9.17, 15) is 10.1 Å². The molecule has 2 aromatic rings. The molecule has 0 amide bonds. The summed E-state index contributed by atoms with van der Waals surface area (Å²) in [5.41, 5.74) is 1.75. The Balaban J connectivity index is 1.99. The maximum Gasteiger partial charge on any atom is 0.269 e. The minimum atomic E-state index is -0.438. The lowest BCUT2D eigenvalue weighted by Crippen LogP contribution is -1.88. The van der Waals surface area contributed by atoms with Gasteiger partial charge in [0, 0.05) is 16.6 Å². The van der Waals surface area contributed by atoms with E-state index in [1.165, 1.54) is 12.1 Å². The molecule has 0 atom stereocenters. The Morgan fingerprint density at radius 2 is 1.35 bits per heavy atom. The number of hydrogen-bond donors (Lipinski definition) is 0.